The van der Waals surface area contributed by atoms with E-state index in [1.807, 2.05) is 0 Å². The topological polar surface area (TPSA) is 75.2 Å². The second-order valence-corrected chi connectivity index (χ2v) is 8.64. The summed E-state index contributed by atoms with van der Waals surface area (Å²) in [6.07, 6.45) is -4.14. The lowest BCUT2D eigenvalue weighted by molar-refractivity contribution is -0.141. The number of likely N-dealkylation sites (tertiary alicyclic amines) is 1. The second kappa shape index (κ2) is 8.43. The molecule has 0 bridgehead atoms. The van der Waals surface area contributed by atoms with Gasteiger partial charge in [-0.3, -0.25) is 4.79 Å². The van der Waals surface area contributed by atoms with Gasteiger partial charge < -0.3 is 24.2 Å². The Morgan fingerprint density at radius 3 is 2.19 bits per heavy atom. The molecule has 0 N–H and O–H groups in total. The van der Waals surface area contributed by atoms with Crippen LogP contribution in [0.2, 0.25) is 0 Å². The minimum atomic E-state index is -4.50. The Morgan fingerprint density at radius 1 is 1.06 bits per heavy atom. The number of aromatic nitrogens is 1. The fraction of sp³-hybridized carbons (Fsp3) is 0.650. The molecule has 31 heavy (non-hydrogen) atoms. The van der Waals surface area contributed by atoms with Gasteiger partial charge in [-0.15, -0.1) is 0 Å². The van der Waals surface area contributed by atoms with Crippen molar-refractivity contribution in [2.45, 2.75) is 32.5 Å². The summed E-state index contributed by atoms with van der Waals surface area (Å²) in [5.41, 5.74) is -1.46. The Morgan fingerprint density at radius 2 is 1.68 bits per heavy atom. The van der Waals surface area contributed by atoms with Crippen molar-refractivity contribution < 1.29 is 32.2 Å². The fourth-order valence-electron chi connectivity index (χ4n) is 3.49. The monoisotopic (exact) mass is 444 g/mol. The van der Waals surface area contributed by atoms with E-state index in [0.717, 1.165) is 12.3 Å². The highest BCUT2D eigenvalue weighted by Gasteiger charge is 2.40. The third-order valence-corrected chi connectivity index (χ3v) is 5.15. The average Bonchev–Trinajstić information content (AvgIpc) is 2.64. The first-order valence-electron chi connectivity index (χ1n) is 10.0. The van der Waals surface area contributed by atoms with Crippen LogP contribution in [-0.2, 0) is 15.7 Å². The molecule has 2 aliphatic heterocycles. The van der Waals surface area contributed by atoms with Gasteiger partial charge >= 0.3 is 12.3 Å². The van der Waals surface area contributed by atoms with Crippen molar-refractivity contribution in [1.29, 1.82) is 0 Å². The highest BCUT2D eigenvalue weighted by Crippen LogP contribution is 2.35. The van der Waals surface area contributed by atoms with Gasteiger partial charge in [-0.25, -0.2) is 9.78 Å². The zero-order valence-corrected chi connectivity index (χ0v) is 18.0. The predicted molar refractivity (Wildman–Crippen MR) is 106 cm³/mol. The molecule has 0 saturated carbocycles. The van der Waals surface area contributed by atoms with E-state index in [9.17, 15) is 22.8 Å². The molecule has 2 amide bonds. The van der Waals surface area contributed by atoms with E-state index in [1.54, 1.807) is 30.6 Å². The normalized spacial score (nSPS) is 18.0. The summed E-state index contributed by atoms with van der Waals surface area (Å²) in [6, 6.07) is 0.930. The third kappa shape index (κ3) is 5.31. The number of rotatable bonds is 3. The van der Waals surface area contributed by atoms with Gasteiger partial charge in [0.2, 0.25) is 5.91 Å². The number of halogens is 3. The number of pyridine rings is 1. The summed E-state index contributed by atoms with van der Waals surface area (Å²) in [7, 11) is 1.30. The molecule has 0 unspecified atom stereocenters. The first kappa shape index (κ1) is 23.0. The van der Waals surface area contributed by atoms with E-state index in [2.05, 4.69) is 4.98 Å². The van der Waals surface area contributed by atoms with Gasteiger partial charge in [-0.1, -0.05) is 0 Å². The van der Waals surface area contributed by atoms with Crippen LogP contribution in [0.25, 0.3) is 0 Å². The number of ether oxygens (including phenoxy) is 2. The highest BCUT2D eigenvalue weighted by atomic mass is 19.4. The largest absolute Gasteiger partial charge is 0.493 e. The molecule has 1 aromatic rings. The lowest BCUT2D eigenvalue weighted by Gasteiger charge is -2.43. The molecular weight excluding hydrogens is 417 g/mol. The molecule has 3 rings (SSSR count). The lowest BCUT2D eigenvalue weighted by Crippen LogP contribution is -2.59. The van der Waals surface area contributed by atoms with Crippen LogP contribution in [0.5, 0.6) is 5.75 Å². The van der Waals surface area contributed by atoms with Gasteiger partial charge in [0, 0.05) is 45.5 Å². The van der Waals surface area contributed by atoms with Crippen molar-refractivity contribution in [3.8, 4) is 5.75 Å². The molecule has 0 radical (unpaired) electrons. The van der Waals surface area contributed by atoms with Gasteiger partial charge in [0.25, 0.3) is 0 Å². The minimum Gasteiger partial charge on any atom is -0.493 e. The Labute approximate surface area is 178 Å². The zero-order valence-electron chi connectivity index (χ0n) is 18.0. The number of carbonyl (C=O) groups is 2. The summed E-state index contributed by atoms with van der Waals surface area (Å²) in [4.78, 5) is 33.7. The molecular formula is C20H27F3N4O4. The molecule has 0 aliphatic carbocycles. The van der Waals surface area contributed by atoms with Gasteiger partial charge in [-0.05, 0) is 26.8 Å². The van der Waals surface area contributed by atoms with Crippen molar-refractivity contribution >= 4 is 17.8 Å². The van der Waals surface area contributed by atoms with Crippen LogP contribution in [-0.4, -0.2) is 78.8 Å². The summed E-state index contributed by atoms with van der Waals surface area (Å²) < 4.78 is 49.1. The number of hydrogen-bond donors (Lipinski definition) is 0. The predicted octanol–water partition coefficient (Wildman–Crippen LogP) is 2.62. The standard InChI is InChI=1S/C20H27F3N4O4/c1-19(2,3)31-18(29)27-11-13(12-27)17(28)26-7-5-25(6-8-26)16-15(30-4)9-14(10-24-16)20(21,22)23/h9-10,13H,5-8,11-12H2,1-4H3. The maximum atomic E-state index is 12.9. The number of methoxy groups -OCH3 is 1. The van der Waals surface area contributed by atoms with E-state index < -0.39 is 23.4 Å². The van der Waals surface area contributed by atoms with Gasteiger partial charge in [0.1, 0.15) is 5.60 Å². The van der Waals surface area contributed by atoms with Crippen molar-refractivity contribution in [1.82, 2.24) is 14.8 Å². The molecule has 1 aromatic heterocycles. The molecule has 2 saturated heterocycles. The van der Waals surface area contributed by atoms with Gasteiger partial charge in [0.15, 0.2) is 11.6 Å². The van der Waals surface area contributed by atoms with Crippen LogP contribution < -0.4 is 9.64 Å². The van der Waals surface area contributed by atoms with E-state index in [4.69, 9.17) is 9.47 Å². The smallest absolute Gasteiger partial charge is 0.418 e. The van der Waals surface area contributed by atoms with Crippen molar-refractivity contribution in [2.75, 3.05) is 51.3 Å². The van der Waals surface area contributed by atoms with Crippen molar-refractivity contribution in [2.24, 2.45) is 5.92 Å². The summed E-state index contributed by atoms with van der Waals surface area (Å²) in [5, 5.41) is 0. The summed E-state index contributed by atoms with van der Waals surface area (Å²) in [6.45, 7) is 7.66. The Hall–Kier alpha value is -2.72. The third-order valence-electron chi connectivity index (χ3n) is 5.15. The summed E-state index contributed by atoms with van der Waals surface area (Å²) >= 11 is 0. The van der Waals surface area contributed by atoms with Crippen molar-refractivity contribution in [3.05, 3.63) is 17.8 Å². The number of carbonyl (C=O) groups excluding carboxylic acids is 2. The van der Waals surface area contributed by atoms with Crippen molar-refractivity contribution in [3.63, 3.8) is 0 Å². The SMILES string of the molecule is COc1cc(C(F)(F)F)cnc1N1CCN(C(=O)C2CN(C(=O)OC(C)(C)C)C2)CC1. The summed E-state index contributed by atoms with van der Waals surface area (Å²) in [5.74, 6) is 0.0635. The van der Waals surface area contributed by atoms with Crippen LogP contribution in [0.15, 0.2) is 12.3 Å². The number of alkyl halides is 3. The molecule has 0 spiro atoms. The van der Waals surface area contributed by atoms with E-state index in [0.29, 0.717) is 45.1 Å². The van der Waals surface area contributed by atoms with Crippen LogP contribution in [0.3, 0.4) is 0 Å². The first-order valence-corrected chi connectivity index (χ1v) is 10.0. The number of piperazine rings is 1. The molecule has 8 nitrogen and oxygen atoms in total. The van der Waals surface area contributed by atoms with E-state index in [-0.39, 0.29) is 17.6 Å². The highest BCUT2D eigenvalue weighted by molar-refractivity contribution is 5.83. The average molecular weight is 444 g/mol. The Bertz CT molecular complexity index is 827. The molecule has 3 heterocycles. The zero-order chi connectivity index (χ0) is 23.0. The maximum Gasteiger partial charge on any atom is 0.418 e. The number of amides is 2. The molecule has 0 atom stereocenters. The van der Waals surface area contributed by atoms with Crippen LogP contribution in [0.4, 0.5) is 23.8 Å². The molecule has 172 valence electrons. The van der Waals surface area contributed by atoms with Gasteiger partial charge in [-0.2, -0.15) is 13.2 Å². The quantitative estimate of drug-likeness (QED) is 0.714. The number of anilines is 1. The second-order valence-electron chi connectivity index (χ2n) is 8.64. The lowest BCUT2D eigenvalue weighted by atomic mass is 9.98. The molecule has 0 aromatic carbocycles. The Kier molecular flexibility index (Phi) is 6.24. The van der Waals surface area contributed by atoms with Crippen LogP contribution in [0, 0.1) is 5.92 Å². The minimum absolute atomic E-state index is 0.0354. The van der Waals surface area contributed by atoms with Crippen LogP contribution in [0.1, 0.15) is 26.3 Å². The van der Waals surface area contributed by atoms with Gasteiger partial charge in [0.05, 0.1) is 18.6 Å². The maximum absolute atomic E-state index is 12.9. The van der Waals surface area contributed by atoms with E-state index in [1.165, 1.54) is 12.0 Å². The molecule has 11 heteroatoms. The first-order chi connectivity index (χ1) is 14.4. The van der Waals surface area contributed by atoms with Crippen LogP contribution >= 0.6 is 0 Å². The van der Waals surface area contributed by atoms with E-state index >= 15 is 0 Å². The number of nitrogens with zero attached hydrogens (tertiary/aromatic N) is 4. The fourth-order valence-corrected chi connectivity index (χ4v) is 3.49. The number of hydrogen-bond acceptors (Lipinski definition) is 6. The molecule has 2 fully saturated rings. The Balaban J connectivity index is 1.53. The molecule has 2 aliphatic rings.